The van der Waals surface area contributed by atoms with Gasteiger partial charge >= 0.3 is 5.97 Å². The Balaban J connectivity index is 1.42. The quantitative estimate of drug-likeness (QED) is 0.102. The Morgan fingerprint density at radius 1 is 1.02 bits per heavy atom. The van der Waals surface area contributed by atoms with Gasteiger partial charge in [-0.2, -0.15) is 0 Å². The highest BCUT2D eigenvalue weighted by Gasteiger charge is 2.78. The number of allylic oxidation sites excluding steroid dienone is 1. The highest BCUT2D eigenvalue weighted by atomic mass is 79.9. The van der Waals surface area contributed by atoms with Gasteiger partial charge in [0.15, 0.2) is 0 Å². The SMILES string of the molecule is C=CCCC(=O)N[C@H](COC)[C@H](OC(=O)[C@@H]1[C@H]2O[C@@]3(CC2Br)[C@H](C(=O)N(CC=C)c2ccc(OC)cc2)N([C@H](CO)c2ccccc2)C(=O)[C@@H]13)c1ccccc1. The van der Waals surface area contributed by atoms with E-state index in [4.69, 9.17) is 18.9 Å². The molecule has 1 spiro atoms. The third kappa shape index (κ3) is 7.77. The van der Waals surface area contributed by atoms with Crippen molar-refractivity contribution in [2.24, 2.45) is 11.8 Å². The molecule has 3 saturated heterocycles. The fourth-order valence-corrected chi connectivity index (χ4v) is 9.41. The van der Waals surface area contributed by atoms with E-state index in [0.29, 0.717) is 29.0 Å². The summed E-state index contributed by atoms with van der Waals surface area (Å²) in [6, 6.07) is 22.0. The van der Waals surface area contributed by atoms with Crippen LogP contribution < -0.4 is 15.0 Å². The number of carbonyl (C=O) groups excluding carboxylic acids is 4. The van der Waals surface area contributed by atoms with Gasteiger partial charge in [-0.15, -0.1) is 13.2 Å². The summed E-state index contributed by atoms with van der Waals surface area (Å²) < 4.78 is 24.0. The second-order valence-electron chi connectivity index (χ2n) is 14.2. The van der Waals surface area contributed by atoms with Crippen LogP contribution >= 0.6 is 15.9 Å². The van der Waals surface area contributed by atoms with Gasteiger partial charge in [0.05, 0.1) is 50.3 Å². The number of hydrogen-bond donors (Lipinski definition) is 2. The van der Waals surface area contributed by atoms with Crippen molar-refractivity contribution in [2.75, 3.05) is 38.9 Å². The number of aliphatic hydroxyl groups is 1. The van der Waals surface area contributed by atoms with Crippen LogP contribution in [0.1, 0.15) is 42.5 Å². The molecule has 0 radical (unpaired) electrons. The van der Waals surface area contributed by atoms with Crippen molar-refractivity contribution < 1.29 is 43.2 Å². The van der Waals surface area contributed by atoms with Gasteiger partial charge in [0.25, 0.3) is 5.91 Å². The number of hydrogen-bond acceptors (Lipinski definition) is 9. The van der Waals surface area contributed by atoms with Crippen LogP contribution in [0.2, 0.25) is 0 Å². The standard InChI is InChI=1S/C43H48BrN3O9/c1-5-7-18-34(49)45-32(26-53-3)37(28-16-12-9-13-17-28)55-42(52)35-36-40(50)47(33(25-48)27-14-10-8-11-15-27)39(43(36)24-31(44)38(35)56-43)41(51)46(23-6-2)29-19-21-30(54-4)22-20-29/h5-6,8-17,19-22,31-33,35-39,48H,1-2,7,18,23-26H2,3-4H3,(H,45,49)/t31?,32-,33-,35+,36-,37-,38+,39+,43-/m1/s1. The number of rotatable bonds is 18. The number of benzene rings is 3. The van der Waals surface area contributed by atoms with E-state index < -0.39 is 77.0 Å². The number of amides is 3. The number of carbonyl (C=O) groups is 4. The summed E-state index contributed by atoms with van der Waals surface area (Å²) in [6.07, 6.45) is 2.28. The molecule has 3 heterocycles. The number of anilines is 1. The number of aliphatic hydroxyl groups excluding tert-OH is 1. The van der Waals surface area contributed by atoms with E-state index in [9.17, 15) is 14.7 Å². The number of likely N-dealkylation sites (tertiary alicyclic amines) is 1. The fraction of sp³-hybridized carbons (Fsp3) is 0.395. The first-order valence-corrected chi connectivity index (χ1v) is 19.6. The zero-order chi connectivity index (χ0) is 40.0. The largest absolute Gasteiger partial charge is 0.497 e. The zero-order valence-corrected chi connectivity index (χ0v) is 33.1. The minimum atomic E-state index is -1.47. The van der Waals surface area contributed by atoms with Gasteiger partial charge in [0, 0.05) is 30.6 Å². The van der Waals surface area contributed by atoms with Crippen LogP contribution in [0.15, 0.2) is 110 Å². The smallest absolute Gasteiger partial charge is 0.313 e. The normalized spacial score (nSPS) is 25.1. The first-order chi connectivity index (χ1) is 27.1. The van der Waals surface area contributed by atoms with E-state index in [1.54, 1.807) is 92.1 Å². The van der Waals surface area contributed by atoms with Gasteiger partial charge in [-0.25, -0.2) is 0 Å². The van der Waals surface area contributed by atoms with E-state index in [0.717, 1.165) is 0 Å². The molecule has 0 aliphatic carbocycles. The Morgan fingerprint density at radius 2 is 1.68 bits per heavy atom. The van der Waals surface area contributed by atoms with Gasteiger partial charge in [-0.1, -0.05) is 88.7 Å². The van der Waals surface area contributed by atoms with E-state index in [1.807, 2.05) is 12.1 Å². The number of fused-ring (bicyclic) bond motifs is 1. The highest BCUT2D eigenvalue weighted by molar-refractivity contribution is 9.09. The molecule has 3 amide bonds. The molecule has 1 unspecified atom stereocenters. The number of methoxy groups -OCH3 is 2. The molecule has 56 heavy (non-hydrogen) atoms. The van der Waals surface area contributed by atoms with Crippen molar-refractivity contribution in [3.63, 3.8) is 0 Å². The lowest BCUT2D eigenvalue weighted by Crippen LogP contribution is -2.57. The molecule has 3 fully saturated rings. The Bertz CT molecular complexity index is 1880. The average molecular weight is 831 g/mol. The van der Waals surface area contributed by atoms with Crippen LogP contribution in [-0.2, 0) is 33.4 Å². The van der Waals surface area contributed by atoms with Crippen LogP contribution in [0.25, 0.3) is 0 Å². The van der Waals surface area contributed by atoms with Crippen molar-refractivity contribution in [2.45, 2.75) is 60.0 Å². The summed E-state index contributed by atoms with van der Waals surface area (Å²) in [5.74, 6) is -3.64. The molecule has 12 nitrogen and oxygen atoms in total. The van der Waals surface area contributed by atoms with Gasteiger partial charge in [-0.3, -0.25) is 19.2 Å². The number of halogens is 1. The summed E-state index contributed by atoms with van der Waals surface area (Å²) in [5, 5.41) is 13.9. The molecule has 3 aromatic carbocycles. The number of nitrogens with one attached hydrogen (secondary N) is 1. The minimum absolute atomic E-state index is 0.0226. The topological polar surface area (TPSA) is 144 Å². The predicted octanol–water partition coefficient (Wildman–Crippen LogP) is 5.08. The third-order valence-corrected chi connectivity index (χ3v) is 11.7. The predicted molar refractivity (Wildman–Crippen MR) is 213 cm³/mol. The molecule has 2 bridgehead atoms. The summed E-state index contributed by atoms with van der Waals surface area (Å²) in [4.78, 5) is 60.6. The van der Waals surface area contributed by atoms with E-state index >= 15 is 9.59 Å². The van der Waals surface area contributed by atoms with Crippen molar-refractivity contribution in [3.05, 3.63) is 121 Å². The molecule has 2 N–H and O–H groups in total. The van der Waals surface area contributed by atoms with Crippen LogP contribution in [-0.4, -0.2) is 96.3 Å². The Labute approximate surface area is 335 Å². The highest BCUT2D eigenvalue weighted by Crippen LogP contribution is 2.61. The lowest BCUT2D eigenvalue weighted by atomic mass is 9.70. The number of ether oxygens (including phenoxy) is 4. The molecule has 3 aromatic rings. The zero-order valence-electron chi connectivity index (χ0n) is 31.5. The fourth-order valence-electron chi connectivity index (χ4n) is 8.47. The number of esters is 1. The van der Waals surface area contributed by atoms with Crippen LogP contribution in [0.3, 0.4) is 0 Å². The molecule has 3 aliphatic heterocycles. The molecular formula is C43H48BrN3O9. The summed E-state index contributed by atoms with van der Waals surface area (Å²) in [6.45, 7) is 7.22. The minimum Gasteiger partial charge on any atom is -0.497 e. The van der Waals surface area contributed by atoms with Gasteiger partial charge in [0.1, 0.15) is 23.5 Å². The first-order valence-electron chi connectivity index (χ1n) is 18.6. The Kier molecular flexibility index (Phi) is 13.1. The van der Waals surface area contributed by atoms with Crippen molar-refractivity contribution in [1.82, 2.24) is 10.2 Å². The number of alkyl halides is 1. The van der Waals surface area contributed by atoms with Gasteiger partial charge in [-0.05, 0) is 48.2 Å². The molecule has 296 valence electrons. The van der Waals surface area contributed by atoms with Crippen molar-refractivity contribution in [1.29, 1.82) is 0 Å². The molecule has 0 aromatic heterocycles. The molecule has 6 rings (SSSR count). The summed E-state index contributed by atoms with van der Waals surface area (Å²) in [5.41, 5.74) is 0.280. The number of nitrogens with zero attached hydrogens (tertiary/aromatic N) is 2. The maximum absolute atomic E-state index is 15.2. The van der Waals surface area contributed by atoms with Gasteiger partial charge < -0.3 is 39.2 Å². The molecule has 13 heteroatoms. The van der Waals surface area contributed by atoms with E-state index in [1.165, 1.54) is 16.9 Å². The van der Waals surface area contributed by atoms with Crippen molar-refractivity contribution >= 4 is 45.3 Å². The first kappa shape index (κ1) is 40.8. The summed E-state index contributed by atoms with van der Waals surface area (Å²) in [7, 11) is 3.04. The van der Waals surface area contributed by atoms with E-state index in [2.05, 4.69) is 34.4 Å². The van der Waals surface area contributed by atoms with Crippen molar-refractivity contribution in [3.8, 4) is 5.75 Å². The molecular weight excluding hydrogens is 782 g/mol. The van der Waals surface area contributed by atoms with Crippen LogP contribution in [0, 0.1) is 11.8 Å². The van der Waals surface area contributed by atoms with Crippen LogP contribution in [0.4, 0.5) is 5.69 Å². The second-order valence-corrected chi connectivity index (χ2v) is 15.4. The maximum atomic E-state index is 15.2. The Hall–Kier alpha value is -4.82. The van der Waals surface area contributed by atoms with Gasteiger partial charge in [0.2, 0.25) is 11.8 Å². The van der Waals surface area contributed by atoms with Crippen LogP contribution in [0.5, 0.6) is 5.75 Å². The lowest BCUT2D eigenvalue weighted by molar-refractivity contribution is -0.163. The molecule has 0 saturated carbocycles. The maximum Gasteiger partial charge on any atom is 0.313 e. The monoisotopic (exact) mass is 829 g/mol. The lowest BCUT2D eigenvalue weighted by Gasteiger charge is -2.39. The third-order valence-electron chi connectivity index (χ3n) is 10.9. The molecule has 3 aliphatic rings. The Morgan fingerprint density at radius 3 is 2.27 bits per heavy atom. The van der Waals surface area contributed by atoms with E-state index in [-0.39, 0.29) is 31.9 Å². The average Bonchev–Trinajstić information content (AvgIpc) is 3.82. The summed E-state index contributed by atoms with van der Waals surface area (Å²) >= 11 is 3.75. The molecule has 9 atom stereocenters. The second kappa shape index (κ2) is 18.0.